The summed E-state index contributed by atoms with van der Waals surface area (Å²) in [5.41, 5.74) is 8.21. The zero-order chi connectivity index (χ0) is 16.4. The minimum absolute atomic E-state index is 0.105. The van der Waals surface area contributed by atoms with Crippen LogP contribution in [-0.2, 0) is 0 Å². The molecule has 23 heavy (non-hydrogen) atoms. The second-order valence-corrected chi connectivity index (χ2v) is 7.22. The van der Waals surface area contributed by atoms with Crippen molar-refractivity contribution in [3.05, 3.63) is 40.1 Å². The van der Waals surface area contributed by atoms with E-state index in [-0.39, 0.29) is 11.9 Å². The monoisotopic (exact) mass is 330 g/mol. The average Bonchev–Trinajstić information content (AvgIpc) is 2.96. The van der Waals surface area contributed by atoms with Gasteiger partial charge >= 0.3 is 0 Å². The van der Waals surface area contributed by atoms with Crippen LogP contribution in [0, 0.1) is 6.92 Å². The second kappa shape index (κ2) is 6.72. The van der Waals surface area contributed by atoms with Crippen LogP contribution in [0.25, 0.3) is 11.1 Å². The molecule has 1 fully saturated rings. The molecular weight excluding hydrogens is 308 g/mol. The number of piperidine rings is 1. The molecule has 0 aliphatic carbocycles. The van der Waals surface area contributed by atoms with Crippen LogP contribution in [0.1, 0.15) is 27.4 Å². The topological polar surface area (TPSA) is 55.6 Å². The smallest absolute Gasteiger partial charge is 0.264 e. The van der Waals surface area contributed by atoms with Crippen LogP contribution in [0.15, 0.2) is 30.3 Å². The van der Waals surface area contributed by atoms with E-state index in [9.17, 15) is 4.79 Å². The second-order valence-electron chi connectivity index (χ2n) is 5.96. The highest BCUT2D eigenvalue weighted by Gasteiger charge is 2.24. The highest BCUT2D eigenvalue weighted by molar-refractivity contribution is 7.14. The Balaban J connectivity index is 1.83. The average molecular weight is 330 g/mol. The maximum Gasteiger partial charge on any atom is 0.264 e. The van der Waals surface area contributed by atoms with Crippen molar-refractivity contribution in [2.45, 2.75) is 25.8 Å². The van der Waals surface area contributed by atoms with Gasteiger partial charge in [-0.25, -0.2) is 0 Å². The van der Waals surface area contributed by atoms with Gasteiger partial charge in [-0.15, -0.1) is 11.3 Å². The van der Waals surface area contributed by atoms with Gasteiger partial charge in [0.1, 0.15) is 5.75 Å². The molecule has 0 bridgehead atoms. The van der Waals surface area contributed by atoms with E-state index in [0.717, 1.165) is 46.0 Å². The maximum atomic E-state index is 12.7. The summed E-state index contributed by atoms with van der Waals surface area (Å²) in [7, 11) is 1.66. The number of nitrogens with zero attached hydrogens (tertiary/aromatic N) is 1. The number of methoxy groups -OCH3 is 1. The number of carbonyl (C=O) groups excluding carboxylic acids is 1. The molecule has 0 spiro atoms. The molecule has 1 amide bonds. The number of likely N-dealkylation sites (tertiary alicyclic amines) is 1. The third-order valence-corrected chi connectivity index (χ3v) is 5.31. The van der Waals surface area contributed by atoms with Crippen LogP contribution in [0.2, 0.25) is 0 Å². The number of hydrogen-bond acceptors (Lipinski definition) is 4. The molecule has 4 nitrogen and oxygen atoms in total. The van der Waals surface area contributed by atoms with Gasteiger partial charge in [0.2, 0.25) is 0 Å². The predicted molar refractivity (Wildman–Crippen MR) is 94.2 cm³/mol. The van der Waals surface area contributed by atoms with Gasteiger partial charge in [-0.05, 0) is 49.1 Å². The molecule has 2 heterocycles. The summed E-state index contributed by atoms with van der Waals surface area (Å²) >= 11 is 1.56. The zero-order valence-corrected chi connectivity index (χ0v) is 14.4. The molecule has 5 heteroatoms. The number of aryl methyl sites for hydroxylation is 1. The van der Waals surface area contributed by atoms with Crippen LogP contribution in [-0.4, -0.2) is 37.0 Å². The Labute approximate surface area is 140 Å². The highest BCUT2D eigenvalue weighted by atomic mass is 32.1. The molecule has 2 N–H and O–H groups in total. The van der Waals surface area contributed by atoms with Gasteiger partial charge in [-0.2, -0.15) is 0 Å². The van der Waals surface area contributed by atoms with Gasteiger partial charge in [-0.1, -0.05) is 12.1 Å². The van der Waals surface area contributed by atoms with Gasteiger partial charge in [0.25, 0.3) is 5.91 Å². The van der Waals surface area contributed by atoms with Crippen molar-refractivity contribution in [2.75, 3.05) is 20.2 Å². The highest BCUT2D eigenvalue weighted by Crippen LogP contribution is 2.33. The number of ether oxygens (including phenoxy) is 1. The molecule has 1 aromatic carbocycles. The van der Waals surface area contributed by atoms with Crippen molar-refractivity contribution < 1.29 is 9.53 Å². The first kappa shape index (κ1) is 16.0. The summed E-state index contributed by atoms with van der Waals surface area (Å²) in [4.78, 5) is 16.5. The van der Waals surface area contributed by atoms with E-state index in [4.69, 9.17) is 10.5 Å². The van der Waals surface area contributed by atoms with Crippen LogP contribution in [0.5, 0.6) is 5.75 Å². The fourth-order valence-corrected chi connectivity index (χ4v) is 4.00. The van der Waals surface area contributed by atoms with Crippen molar-refractivity contribution in [3.63, 3.8) is 0 Å². The van der Waals surface area contributed by atoms with Gasteiger partial charge in [0.05, 0.1) is 12.0 Å². The summed E-state index contributed by atoms with van der Waals surface area (Å²) in [6.45, 7) is 3.53. The number of amides is 1. The van der Waals surface area contributed by atoms with Crippen molar-refractivity contribution in [1.82, 2.24) is 4.90 Å². The normalized spacial score (nSPS) is 18.0. The van der Waals surface area contributed by atoms with Crippen molar-refractivity contribution in [1.29, 1.82) is 0 Å². The van der Waals surface area contributed by atoms with E-state index in [1.54, 1.807) is 18.4 Å². The zero-order valence-electron chi connectivity index (χ0n) is 13.5. The van der Waals surface area contributed by atoms with Crippen LogP contribution in [0.4, 0.5) is 0 Å². The van der Waals surface area contributed by atoms with Gasteiger partial charge in [0, 0.05) is 24.0 Å². The largest absolute Gasteiger partial charge is 0.497 e. The lowest BCUT2D eigenvalue weighted by Gasteiger charge is -2.30. The first-order chi connectivity index (χ1) is 11.1. The van der Waals surface area contributed by atoms with E-state index in [0.29, 0.717) is 6.54 Å². The van der Waals surface area contributed by atoms with Crippen molar-refractivity contribution in [2.24, 2.45) is 5.73 Å². The van der Waals surface area contributed by atoms with E-state index >= 15 is 0 Å². The first-order valence-electron chi connectivity index (χ1n) is 7.88. The summed E-state index contributed by atoms with van der Waals surface area (Å²) < 4.78 is 5.20. The molecule has 1 aromatic heterocycles. The van der Waals surface area contributed by atoms with E-state index < -0.39 is 0 Å². The Morgan fingerprint density at radius 1 is 1.35 bits per heavy atom. The molecule has 1 unspecified atom stereocenters. The lowest BCUT2D eigenvalue weighted by molar-refractivity contribution is 0.0714. The molecule has 1 aliphatic heterocycles. The SMILES string of the molecule is COc1ccc(-c2cc(C(=O)N3CCCC(N)C3)sc2C)cc1. The predicted octanol–water partition coefficient (Wildman–Crippen LogP) is 3.30. The molecule has 1 saturated heterocycles. The Hall–Kier alpha value is -1.85. The van der Waals surface area contributed by atoms with E-state index in [1.807, 2.05) is 35.2 Å². The number of carbonyl (C=O) groups is 1. The summed E-state index contributed by atoms with van der Waals surface area (Å²) in [5, 5.41) is 0. The van der Waals surface area contributed by atoms with E-state index in [2.05, 4.69) is 6.92 Å². The summed E-state index contributed by atoms with van der Waals surface area (Å²) in [6, 6.07) is 10.0. The van der Waals surface area contributed by atoms with E-state index in [1.165, 1.54) is 0 Å². The summed E-state index contributed by atoms with van der Waals surface area (Å²) in [5.74, 6) is 0.938. The lowest BCUT2D eigenvalue weighted by Crippen LogP contribution is -2.45. The summed E-state index contributed by atoms with van der Waals surface area (Å²) in [6.07, 6.45) is 1.99. The van der Waals surface area contributed by atoms with Gasteiger partial charge < -0.3 is 15.4 Å². The lowest BCUT2D eigenvalue weighted by atomic mass is 10.1. The fraction of sp³-hybridized carbons (Fsp3) is 0.389. The Morgan fingerprint density at radius 3 is 2.74 bits per heavy atom. The maximum absolute atomic E-state index is 12.7. The Bertz CT molecular complexity index is 694. The van der Waals surface area contributed by atoms with Crippen LogP contribution < -0.4 is 10.5 Å². The molecule has 3 rings (SSSR count). The van der Waals surface area contributed by atoms with Crippen molar-refractivity contribution in [3.8, 4) is 16.9 Å². The van der Waals surface area contributed by atoms with Crippen LogP contribution in [0.3, 0.4) is 0 Å². The number of rotatable bonds is 3. The quantitative estimate of drug-likeness (QED) is 0.939. The molecule has 1 aliphatic rings. The standard InChI is InChI=1S/C18H22N2O2S/c1-12-16(13-5-7-15(22-2)8-6-13)10-17(23-12)18(21)20-9-3-4-14(19)11-20/h5-8,10,14H,3-4,9,11,19H2,1-2H3. The minimum atomic E-state index is 0.105. The number of nitrogens with two attached hydrogens (primary N) is 1. The molecule has 122 valence electrons. The Kier molecular flexibility index (Phi) is 4.68. The third kappa shape index (κ3) is 3.41. The number of thiophene rings is 1. The van der Waals surface area contributed by atoms with Gasteiger partial charge in [-0.3, -0.25) is 4.79 Å². The molecule has 2 aromatic rings. The van der Waals surface area contributed by atoms with Gasteiger partial charge in [0.15, 0.2) is 0 Å². The van der Waals surface area contributed by atoms with Crippen LogP contribution >= 0.6 is 11.3 Å². The minimum Gasteiger partial charge on any atom is -0.497 e. The molecule has 0 radical (unpaired) electrons. The number of hydrogen-bond donors (Lipinski definition) is 1. The Morgan fingerprint density at radius 2 is 2.09 bits per heavy atom. The third-order valence-electron chi connectivity index (χ3n) is 4.27. The fourth-order valence-electron chi connectivity index (χ4n) is 2.99. The molecular formula is C18H22N2O2S. The molecule has 0 saturated carbocycles. The molecule has 1 atom stereocenters. The first-order valence-corrected chi connectivity index (χ1v) is 8.70. The van der Waals surface area contributed by atoms with Crippen molar-refractivity contribution >= 4 is 17.2 Å². The number of benzene rings is 1.